The Labute approximate surface area is 411 Å². The molecular formula is C49H78N2O18S. The molecule has 0 radical (unpaired) electrons. The molecule has 2 fully saturated rings. The number of allylic oxidation sites excluding steroid dienone is 12. The standard InChI is InChI=1S/C49H78N2O18S/c1-31-17-14-12-10-8-6-4-5-7-9-11-13-15-18-36(68-48-46(61)45(50)41(59)30-66-48)27-42-44(47(62)51-21-16-22-70(3,64)65)40(58)29-49(63,69-42)28-35(54)25-39(57)37(55)20-19-33(52)24-34(53)26-43(60)67-32(2)23-38(31)56/h4-15,17-18,31-42,44-46,48,52-59,61,63H,16,19-30,50H2,1-3H3,(H,51,62)/b5-4+,8-6+,9-7+,12-10+,13-11+,17-14+,18-15+/t31-,32-,33?,34?,35?,36?,37?,38-,39?,40-,41+,42-,44?,45-,46-,48-,49?/m0/s1. The molecule has 70 heavy (non-hydrogen) atoms. The fourth-order valence-electron chi connectivity index (χ4n) is 8.17. The summed E-state index contributed by atoms with van der Waals surface area (Å²) >= 11 is 0. The third kappa shape index (κ3) is 22.9. The first-order valence-electron chi connectivity index (χ1n) is 23.9. The van der Waals surface area contributed by atoms with Gasteiger partial charge in [-0.1, -0.05) is 92.0 Å². The molecule has 0 spiro atoms. The Morgan fingerprint density at radius 1 is 0.743 bits per heavy atom. The quantitative estimate of drug-likeness (QED) is 0.113. The molecule has 398 valence electrons. The molecule has 0 aliphatic carbocycles. The maximum Gasteiger partial charge on any atom is 0.308 e. The van der Waals surface area contributed by atoms with Crippen LogP contribution >= 0.6 is 0 Å². The van der Waals surface area contributed by atoms with E-state index < -0.39 is 145 Å². The highest BCUT2D eigenvalue weighted by Crippen LogP contribution is 2.38. The van der Waals surface area contributed by atoms with Crippen LogP contribution in [-0.4, -0.2) is 188 Å². The van der Waals surface area contributed by atoms with E-state index in [1.807, 2.05) is 6.92 Å². The number of carbonyl (C=O) groups is 2. The molecule has 3 aliphatic heterocycles. The van der Waals surface area contributed by atoms with Gasteiger partial charge in [-0.15, -0.1) is 0 Å². The summed E-state index contributed by atoms with van der Waals surface area (Å²) in [5, 5.41) is 111. The van der Waals surface area contributed by atoms with Gasteiger partial charge in [0.25, 0.3) is 0 Å². The minimum Gasteiger partial charge on any atom is -0.462 e. The fraction of sp³-hybridized carbons (Fsp3) is 0.673. The number of aliphatic hydroxyl groups excluding tert-OH is 9. The summed E-state index contributed by atoms with van der Waals surface area (Å²) in [6.07, 6.45) is 5.75. The van der Waals surface area contributed by atoms with Crippen LogP contribution in [0.2, 0.25) is 0 Å². The molecule has 20 nitrogen and oxygen atoms in total. The first-order valence-corrected chi connectivity index (χ1v) is 25.9. The zero-order valence-electron chi connectivity index (χ0n) is 40.2. The lowest BCUT2D eigenvalue weighted by Crippen LogP contribution is -2.59. The second-order valence-corrected chi connectivity index (χ2v) is 20.9. The summed E-state index contributed by atoms with van der Waals surface area (Å²) in [6.45, 7) is 3.08. The van der Waals surface area contributed by atoms with E-state index in [0.29, 0.717) is 0 Å². The van der Waals surface area contributed by atoms with Crippen LogP contribution in [0.25, 0.3) is 0 Å². The van der Waals surface area contributed by atoms with E-state index in [-0.39, 0.29) is 63.3 Å². The molecule has 2 saturated heterocycles. The molecule has 0 aromatic rings. The number of carbonyl (C=O) groups excluding carboxylic acids is 2. The van der Waals surface area contributed by atoms with Crippen molar-refractivity contribution < 1.29 is 88.0 Å². The van der Waals surface area contributed by atoms with Crippen LogP contribution in [0.1, 0.15) is 78.1 Å². The van der Waals surface area contributed by atoms with E-state index in [1.54, 1.807) is 85.9 Å². The molecule has 0 aromatic carbocycles. The maximum absolute atomic E-state index is 13.7. The number of sulfone groups is 1. The van der Waals surface area contributed by atoms with E-state index in [9.17, 15) is 69.1 Å². The van der Waals surface area contributed by atoms with Crippen LogP contribution in [0.5, 0.6) is 0 Å². The van der Waals surface area contributed by atoms with E-state index in [0.717, 1.165) is 6.26 Å². The number of nitrogens with two attached hydrogens (primary N) is 1. The van der Waals surface area contributed by atoms with Crippen molar-refractivity contribution >= 4 is 21.7 Å². The van der Waals surface area contributed by atoms with Gasteiger partial charge in [0.05, 0.1) is 91.8 Å². The van der Waals surface area contributed by atoms with Crippen LogP contribution < -0.4 is 11.1 Å². The lowest BCUT2D eigenvalue weighted by atomic mass is 9.82. The van der Waals surface area contributed by atoms with Crippen molar-refractivity contribution in [2.75, 3.05) is 25.2 Å². The number of fused-ring (bicyclic) bond motifs is 2. The van der Waals surface area contributed by atoms with E-state index in [1.165, 1.54) is 6.08 Å². The minimum atomic E-state index is -3.35. The zero-order valence-corrected chi connectivity index (χ0v) is 41.1. The molecule has 17 atom stereocenters. The highest BCUT2D eigenvalue weighted by Gasteiger charge is 2.50. The lowest BCUT2D eigenvalue weighted by Gasteiger charge is -2.45. The Morgan fingerprint density at radius 2 is 1.34 bits per heavy atom. The van der Waals surface area contributed by atoms with Crippen LogP contribution in [0.15, 0.2) is 85.1 Å². The van der Waals surface area contributed by atoms with E-state index in [2.05, 4.69) is 5.32 Å². The molecule has 3 aliphatic rings. The average molecular weight is 1020 g/mol. The number of amides is 1. The van der Waals surface area contributed by atoms with E-state index >= 15 is 0 Å². The predicted octanol–water partition coefficient (Wildman–Crippen LogP) is -0.456. The average Bonchev–Trinajstić information content (AvgIpc) is 3.25. The normalized spacial score (nSPS) is 41.1. The summed E-state index contributed by atoms with van der Waals surface area (Å²) in [4.78, 5) is 26.2. The zero-order chi connectivity index (χ0) is 52.0. The number of ether oxygens (including phenoxy) is 4. The first kappa shape index (κ1) is 60.8. The summed E-state index contributed by atoms with van der Waals surface area (Å²) in [7, 11) is -3.35. The van der Waals surface area contributed by atoms with Gasteiger partial charge < -0.3 is 81.1 Å². The number of hydrogen-bond acceptors (Lipinski definition) is 19. The van der Waals surface area contributed by atoms with Crippen LogP contribution in [0.3, 0.4) is 0 Å². The van der Waals surface area contributed by atoms with Gasteiger partial charge in [-0.05, 0) is 32.6 Å². The Bertz CT molecular complexity index is 1910. The smallest absolute Gasteiger partial charge is 0.308 e. The van der Waals surface area contributed by atoms with Crippen molar-refractivity contribution in [3.05, 3.63) is 85.1 Å². The van der Waals surface area contributed by atoms with E-state index in [4.69, 9.17) is 24.7 Å². The Balaban J connectivity index is 1.91. The van der Waals surface area contributed by atoms with Crippen molar-refractivity contribution in [1.82, 2.24) is 5.32 Å². The molecule has 1 amide bonds. The van der Waals surface area contributed by atoms with Crippen molar-refractivity contribution in [1.29, 1.82) is 0 Å². The monoisotopic (exact) mass is 1010 g/mol. The highest BCUT2D eigenvalue weighted by atomic mass is 32.2. The number of hydrogen-bond donors (Lipinski definition) is 12. The molecule has 3 rings (SSSR count). The SMILES string of the molecule is C[C@H]1C[C@H](O)[C@@H](C)/C=C/C=C/C=C/C=C/C=C/C=C/C=C/C(O[C@@H]2OC[C@@H](O)[C@H](N)[C@@H]2O)C[C@@H]2OC(O)(CC(O)CC(O)C(O)CCC(O)CC(O)CC(=O)O1)C[C@H](O)C2C(=O)NCCCS(C)(=O)=O. The number of aliphatic hydroxyl groups is 10. The number of cyclic esters (lactones) is 1. The van der Waals surface area contributed by atoms with Crippen LogP contribution in [-0.2, 0) is 38.4 Å². The number of esters is 1. The maximum atomic E-state index is 13.7. The summed E-state index contributed by atoms with van der Waals surface area (Å²) < 4.78 is 46.6. The lowest BCUT2D eigenvalue weighted by molar-refractivity contribution is -0.304. The summed E-state index contributed by atoms with van der Waals surface area (Å²) in [5.74, 6) is -5.69. The van der Waals surface area contributed by atoms with Crippen molar-refractivity contribution in [3.63, 3.8) is 0 Å². The van der Waals surface area contributed by atoms with Gasteiger partial charge in [-0.25, -0.2) is 8.42 Å². The largest absolute Gasteiger partial charge is 0.462 e. The molecule has 0 aromatic heterocycles. The topological polar surface area (TPSA) is 346 Å². The van der Waals surface area contributed by atoms with Crippen molar-refractivity contribution in [2.24, 2.45) is 17.6 Å². The van der Waals surface area contributed by atoms with Crippen molar-refractivity contribution in [3.8, 4) is 0 Å². The van der Waals surface area contributed by atoms with Crippen LogP contribution in [0, 0.1) is 11.8 Å². The Kier molecular flexibility index (Phi) is 26.5. The number of rotatable bonds is 7. The fourth-order valence-corrected chi connectivity index (χ4v) is 8.84. The second kappa shape index (κ2) is 30.5. The molecule has 0 saturated carbocycles. The molecule has 2 bridgehead atoms. The van der Waals surface area contributed by atoms with Gasteiger partial charge >= 0.3 is 5.97 Å². The summed E-state index contributed by atoms with van der Waals surface area (Å²) in [5.41, 5.74) is 5.99. The molecule has 21 heteroatoms. The molecule has 8 unspecified atom stereocenters. The third-order valence-corrected chi connectivity index (χ3v) is 13.1. The number of nitrogens with one attached hydrogen (secondary N) is 1. The summed E-state index contributed by atoms with van der Waals surface area (Å²) in [6, 6.07) is -1.14. The van der Waals surface area contributed by atoms with Gasteiger partial charge in [0.15, 0.2) is 12.1 Å². The third-order valence-electron chi connectivity index (χ3n) is 12.1. The molecular weight excluding hydrogens is 937 g/mol. The van der Waals surface area contributed by atoms with Gasteiger partial charge in [0.1, 0.15) is 22.0 Å². The highest BCUT2D eigenvalue weighted by molar-refractivity contribution is 7.90. The van der Waals surface area contributed by atoms with Gasteiger partial charge in [-0.3, -0.25) is 9.59 Å². The van der Waals surface area contributed by atoms with Gasteiger partial charge in [-0.2, -0.15) is 0 Å². The Morgan fingerprint density at radius 3 is 1.96 bits per heavy atom. The Hall–Kier alpha value is -3.49. The minimum absolute atomic E-state index is 0.0619. The van der Waals surface area contributed by atoms with Crippen LogP contribution in [0.4, 0.5) is 0 Å². The first-order chi connectivity index (χ1) is 33.0. The van der Waals surface area contributed by atoms with Gasteiger partial charge in [0.2, 0.25) is 5.91 Å². The second-order valence-electron chi connectivity index (χ2n) is 18.6. The molecule has 13 N–H and O–H groups in total. The van der Waals surface area contributed by atoms with Crippen molar-refractivity contribution in [2.45, 2.75) is 169 Å². The van der Waals surface area contributed by atoms with Gasteiger partial charge in [0, 0.05) is 50.8 Å². The molecule has 3 heterocycles. The predicted molar refractivity (Wildman–Crippen MR) is 258 cm³/mol.